The van der Waals surface area contributed by atoms with E-state index in [0.29, 0.717) is 12.8 Å². The van der Waals surface area contributed by atoms with Crippen molar-refractivity contribution >= 4 is 10.9 Å². The van der Waals surface area contributed by atoms with Gasteiger partial charge in [-0.25, -0.2) is 0 Å². The molecular weight excluding hydrogens is 401 g/mol. The molecule has 0 spiro atoms. The number of H-pyrrole nitrogens is 1. The molecule has 1 saturated carbocycles. The predicted octanol–water partition coefficient (Wildman–Crippen LogP) is 6.92. The number of nitrogens with zero attached hydrogens (tertiary/aromatic N) is 1. The van der Waals surface area contributed by atoms with Crippen molar-refractivity contribution in [2.45, 2.75) is 77.0 Å². The van der Waals surface area contributed by atoms with Gasteiger partial charge in [0.05, 0.1) is 5.69 Å². The minimum atomic E-state index is -4.57. The molecule has 0 amide bonds. The largest absolute Gasteiger partial charge is 0.417 e. The summed E-state index contributed by atoms with van der Waals surface area (Å²) in [7, 11) is 0. The van der Waals surface area contributed by atoms with E-state index in [0.717, 1.165) is 39.1 Å². The van der Waals surface area contributed by atoms with Crippen LogP contribution in [0.3, 0.4) is 0 Å². The lowest BCUT2D eigenvalue weighted by Crippen LogP contribution is -2.47. The van der Waals surface area contributed by atoms with E-state index in [2.05, 4.69) is 42.0 Å². The lowest BCUT2D eigenvalue weighted by atomic mass is 9.75. The summed E-state index contributed by atoms with van der Waals surface area (Å²) >= 11 is 0. The molecule has 0 atom stereocenters. The highest BCUT2D eigenvalue weighted by molar-refractivity contribution is 5.92. The highest BCUT2D eigenvalue weighted by Gasteiger charge is 2.54. The molecule has 166 valence electrons. The maximum absolute atomic E-state index is 13.2. The highest BCUT2D eigenvalue weighted by Crippen LogP contribution is 2.46. The van der Waals surface area contributed by atoms with Crippen LogP contribution >= 0.6 is 0 Å². The van der Waals surface area contributed by atoms with Gasteiger partial charge in [0.2, 0.25) is 0 Å². The van der Waals surface area contributed by atoms with Gasteiger partial charge in [0.25, 0.3) is 0 Å². The first-order chi connectivity index (χ1) is 14.5. The lowest BCUT2D eigenvalue weighted by molar-refractivity contribution is -0.270. The van der Waals surface area contributed by atoms with Crippen LogP contribution in [0.25, 0.3) is 22.2 Å². The number of hydrogen-bond acceptors (Lipinski definition) is 2. The molecule has 0 radical (unpaired) electrons. The van der Waals surface area contributed by atoms with Gasteiger partial charge >= 0.3 is 6.18 Å². The number of aliphatic hydroxyl groups is 1. The topological polar surface area (TPSA) is 48.9 Å². The average molecular weight is 431 g/mol. The first-order valence-corrected chi connectivity index (χ1v) is 10.9. The second kappa shape index (κ2) is 7.66. The van der Waals surface area contributed by atoms with Crippen LogP contribution in [0.2, 0.25) is 0 Å². The Labute approximate surface area is 180 Å². The zero-order chi connectivity index (χ0) is 22.6. The maximum Gasteiger partial charge on any atom is 0.417 e. The number of fused-ring (bicyclic) bond motifs is 1. The third kappa shape index (κ3) is 3.98. The number of hydrogen-bond donors (Lipinski definition) is 2. The summed E-state index contributed by atoms with van der Waals surface area (Å²) < 4.78 is 39.5. The normalized spacial score (nSPS) is 22.4. The molecule has 1 fully saturated rings. The molecule has 2 aromatic heterocycles. The minimum Gasteiger partial charge on any atom is -0.380 e. The van der Waals surface area contributed by atoms with Crippen LogP contribution in [-0.2, 0) is 0 Å². The zero-order valence-electron chi connectivity index (χ0n) is 18.4. The number of halogens is 3. The standard InChI is InChI=1S/C25H29F3N2O/c1-14(2)22-20-13-18(17-7-9-24(31,10-8-17)25(26,27)28)5-6-21(20)30-23(22)19-11-15(3)29-16(4)12-19/h5-6,11-14,17,30-31H,7-10H2,1-4H3. The summed E-state index contributed by atoms with van der Waals surface area (Å²) in [5.74, 6) is 0.297. The molecule has 1 aromatic carbocycles. The van der Waals surface area contributed by atoms with Crippen LogP contribution < -0.4 is 0 Å². The van der Waals surface area contributed by atoms with Gasteiger partial charge in [-0.3, -0.25) is 4.98 Å². The Balaban J connectivity index is 1.72. The fraction of sp³-hybridized carbons (Fsp3) is 0.480. The Hall–Kier alpha value is -2.34. The monoisotopic (exact) mass is 430 g/mol. The molecular formula is C25H29F3N2O. The number of nitrogens with one attached hydrogen (secondary N) is 1. The molecule has 0 bridgehead atoms. The highest BCUT2D eigenvalue weighted by atomic mass is 19.4. The Bertz CT molecular complexity index is 1090. The van der Waals surface area contributed by atoms with E-state index in [1.54, 1.807) is 0 Å². The molecule has 4 rings (SSSR count). The molecule has 0 unspecified atom stereocenters. The van der Waals surface area contributed by atoms with Crippen LogP contribution in [0.1, 0.15) is 73.9 Å². The Morgan fingerprint density at radius 3 is 2.23 bits per heavy atom. The van der Waals surface area contributed by atoms with Crippen molar-refractivity contribution in [2.24, 2.45) is 0 Å². The average Bonchev–Trinajstić information content (AvgIpc) is 3.06. The number of rotatable bonds is 3. The second-order valence-electron chi connectivity index (χ2n) is 9.32. The molecule has 2 N–H and O–H groups in total. The van der Waals surface area contributed by atoms with Crippen molar-refractivity contribution in [3.8, 4) is 11.3 Å². The molecule has 0 saturated heterocycles. The molecule has 1 aliphatic rings. The van der Waals surface area contributed by atoms with Gasteiger partial charge in [-0.15, -0.1) is 0 Å². The molecule has 2 heterocycles. The van der Waals surface area contributed by atoms with E-state index >= 15 is 0 Å². The molecule has 3 aromatic rings. The summed E-state index contributed by atoms with van der Waals surface area (Å²) in [6, 6.07) is 10.3. The first-order valence-electron chi connectivity index (χ1n) is 10.9. The van der Waals surface area contributed by atoms with Gasteiger partial charge in [0, 0.05) is 27.9 Å². The Morgan fingerprint density at radius 2 is 1.68 bits per heavy atom. The van der Waals surface area contributed by atoms with Crippen LogP contribution in [0.5, 0.6) is 0 Å². The molecule has 31 heavy (non-hydrogen) atoms. The second-order valence-corrected chi connectivity index (χ2v) is 9.32. The van der Waals surface area contributed by atoms with Crippen LogP contribution in [0, 0.1) is 13.8 Å². The third-order valence-corrected chi connectivity index (χ3v) is 6.62. The van der Waals surface area contributed by atoms with Crippen LogP contribution in [0.15, 0.2) is 30.3 Å². The number of aromatic amines is 1. The summed E-state index contributed by atoms with van der Waals surface area (Å²) in [4.78, 5) is 8.04. The van der Waals surface area contributed by atoms with E-state index < -0.39 is 11.8 Å². The van der Waals surface area contributed by atoms with Crippen molar-refractivity contribution in [3.63, 3.8) is 0 Å². The van der Waals surface area contributed by atoms with Crippen molar-refractivity contribution in [1.82, 2.24) is 9.97 Å². The van der Waals surface area contributed by atoms with E-state index in [1.807, 2.05) is 26.0 Å². The van der Waals surface area contributed by atoms with E-state index in [9.17, 15) is 18.3 Å². The third-order valence-electron chi connectivity index (χ3n) is 6.62. The van der Waals surface area contributed by atoms with E-state index in [1.165, 1.54) is 5.56 Å². The quantitative estimate of drug-likeness (QED) is 0.474. The van der Waals surface area contributed by atoms with Gasteiger partial charge in [-0.1, -0.05) is 19.9 Å². The molecule has 0 aliphatic heterocycles. The fourth-order valence-electron chi connectivity index (χ4n) is 5.00. The van der Waals surface area contributed by atoms with Crippen molar-refractivity contribution in [3.05, 3.63) is 52.8 Å². The number of pyridine rings is 1. The van der Waals surface area contributed by atoms with Crippen molar-refractivity contribution in [1.29, 1.82) is 0 Å². The zero-order valence-corrected chi connectivity index (χ0v) is 18.4. The van der Waals surface area contributed by atoms with Gasteiger partial charge in [0.1, 0.15) is 0 Å². The Kier molecular flexibility index (Phi) is 5.41. The maximum atomic E-state index is 13.2. The Morgan fingerprint density at radius 1 is 1.06 bits per heavy atom. The predicted molar refractivity (Wildman–Crippen MR) is 117 cm³/mol. The smallest absolute Gasteiger partial charge is 0.380 e. The van der Waals surface area contributed by atoms with Gasteiger partial charge in [0.15, 0.2) is 5.60 Å². The van der Waals surface area contributed by atoms with Crippen LogP contribution in [-0.4, -0.2) is 26.9 Å². The molecule has 1 aliphatic carbocycles. The summed E-state index contributed by atoms with van der Waals surface area (Å²) in [6.45, 7) is 8.28. The van der Waals surface area contributed by atoms with Crippen molar-refractivity contribution < 1.29 is 18.3 Å². The van der Waals surface area contributed by atoms with Crippen LogP contribution in [0.4, 0.5) is 13.2 Å². The van der Waals surface area contributed by atoms with E-state index in [-0.39, 0.29) is 24.7 Å². The van der Waals surface area contributed by atoms with E-state index in [4.69, 9.17) is 0 Å². The van der Waals surface area contributed by atoms with Gasteiger partial charge < -0.3 is 10.1 Å². The van der Waals surface area contributed by atoms with Gasteiger partial charge in [-0.2, -0.15) is 13.2 Å². The van der Waals surface area contributed by atoms with Crippen molar-refractivity contribution in [2.75, 3.05) is 0 Å². The SMILES string of the molecule is Cc1cc(-c2[nH]c3ccc(C4CCC(O)(C(F)(F)F)CC4)cc3c2C(C)C)cc(C)n1. The number of benzene rings is 1. The number of aryl methyl sites for hydroxylation is 2. The minimum absolute atomic E-state index is 0.0239. The molecule has 6 heteroatoms. The first kappa shape index (κ1) is 21.9. The lowest BCUT2D eigenvalue weighted by Gasteiger charge is -2.37. The van der Waals surface area contributed by atoms with Gasteiger partial charge in [-0.05, 0) is 86.8 Å². The number of alkyl halides is 3. The number of aromatic nitrogens is 2. The summed E-state index contributed by atoms with van der Waals surface area (Å²) in [6.07, 6.45) is -4.39. The summed E-state index contributed by atoms with van der Waals surface area (Å²) in [5.41, 5.74) is 4.83. The fourth-order valence-corrected chi connectivity index (χ4v) is 5.00. The molecule has 3 nitrogen and oxygen atoms in total. The summed E-state index contributed by atoms with van der Waals surface area (Å²) in [5, 5.41) is 11.1.